The van der Waals surface area contributed by atoms with Crippen LogP contribution < -0.4 is 5.32 Å². The topological polar surface area (TPSA) is 75.6 Å². The number of carbonyl (C=O) groups excluding carboxylic acids is 1. The summed E-state index contributed by atoms with van der Waals surface area (Å²) in [6.45, 7) is 0.125. The van der Waals surface area contributed by atoms with Gasteiger partial charge < -0.3 is 9.84 Å². The van der Waals surface area contributed by atoms with Gasteiger partial charge in [-0.3, -0.25) is 5.32 Å². The lowest BCUT2D eigenvalue weighted by Gasteiger charge is -2.06. The third-order valence-corrected chi connectivity index (χ3v) is 4.32. The molecule has 1 aromatic heterocycles. The number of fused-ring (bicyclic) bond motifs is 1. The molecule has 0 aliphatic carbocycles. The highest BCUT2D eigenvalue weighted by atomic mass is 32.1. The minimum absolute atomic E-state index is 0.0854. The highest BCUT2D eigenvalue weighted by molar-refractivity contribution is 7.23. The summed E-state index contributed by atoms with van der Waals surface area (Å²) in [4.78, 5) is 23.4. The lowest BCUT2D eigenvalue weighted by Crippen LogP contribution is -2.14. The first-order chi connectivity index (χ1) is 11.1. The summed E-state index contributed by atoms with van der Waals surface area (Å²) in [7, 11) is 0. The van der Waals surface area contributed by atoms with Crippen molar-refractivity contribution < 1.29 is 19.4 Å². The van der Waals surface area contributed by atoms with Gasteiger partial charge in [0.1, 0.15) is 17.2 Å². The molecule has 0 saturated carbocycles. The predicted octanol–water partition coefficient (Wildman–Crippen LogP) is 4.35. The second-order valence-corrected chi connectivity index (χ2v) is 5.85. The third kappa shape index (κ3) is 3.32. The van der Waals surface area contributed by atoms with Crippen molar-refractivity contribution in [3.8, 4) is 0 Å². The SMILES string of the molecule is O=C(Nc1sc2ccccc2c1C(=O)O)OCc1ccccc1. The zero-order chi connectivity index (χ0) is 16.2. The molecule has 6 heteroatoms. The maximum Gasteiger partial charge on any atom is 0.412 e. The van der Waals surface area contributed by atoms with Gasteiger partial charge in [0.05, 0.1) is 0 Å². The Labute approximate surface area is 136 Å². The van der Waals surface area contributed by atoms with E-state index in [4.69, 9.17) is 4.74 Å². The van der Waals surface area contributed by atoms with E-state index in [0.29, 0.717) is 5.39 Å². The summed E-state index contributed by atoms with van der Waals surface area (Å²) in [6.07, 6.45) is -0.678. The molecule has 2 N–H and O–H groups in total. The van der Waals surface area contributed by atoms with Crippen LogP contribution in [0.3, 0.4) is 0 Å². The summed E-state index contributed by atoms with van der Waals surface area (Å²) in [5, 5.41) is 12.8. The van der Waals surface area contributed by atoms with Gasteiger partial charge in [-0.1, -0.05) is 48.5 Å². The normalized spacial score (nSPS) is 10.4. The van der Waals surface area contributed by atoms with Gasteiger partial charge >= 0.3 is 12.1 Å². The molecule has 5 nitrogen and oxygen atoms in total. The molecule has 0 fully saturated rings. The van der Waals surface area contributed by atoms with Crippen LogP contribution in [0.2, 0.25) is 0 Å². The van der Waals surface area contributed by atoms with Gasteiger partial charge in [0.2, 0.25) is 0 Å². The van der Waals surface area contributed by atoms with E-state index in [9.17, 15) is 14.7 Å². The number of nitrogens with one attached hydrogen (secondary N) is 1. The van der Waals surface area contributed by atoms with Crippen LogP contribution in [0.4, 0.5) is 9.80 Å². The number of aromatic carboxylic acids is 1. The average Bonchev–Trinajstić information content (AvgIpc) is 2.91. The van der Waals surface area contributed by atoms with Crippen molar-refractivity contribution in [1.29, 1.82) is 0 Å². The number of carbonyl (C=O) groups is 2. The minimum atomic E-state index is -1.08. The molecule has 0 spiro atoms. The largest absolute Gasteiger partial charge is 0.478 e. The molecule has 0 atom stereocenters. The van der Waals surface area contributed by atoms with E-state index in [-0.39, 0.29) is 17.2 Å². The molecule has 2 aromatic carbocycles. The van der Waals surface area contributed by atoms with Gasteiger partial charge in [0, 0.05) is 10.1 Å². The predicted molar refractivity (Wildman–Crippen MR) is 89.0 cm³/mol. The summed E-state index contributed by atoms with van der Waals surface area (Å²) < 4.78 is 5.92. The number of hydrogen-bond donors (Lipinski definition) is 2. The van der Waals surface area contributed by atoms with Crippen LogP contribution in [0.5, 0.6) is 0 Å². The Morgan fingerprint density at radius 1 is 1.04 bits per heavy atom. The van der Waals surface area contributed by atoms with E-state index < -0.39 is 12.1 Å². The lowest BCUT2D eigenvalue weighted by molar-refractivity contribution is 0.0700. The third-order valence-electron chi connectivity index (χ3n) is 3.24. The molecule has 1 heterocycles. The number of amides is 1. The van der Waals surface area contributed by atoms with E-state index in [1.807, 2.05) is 42.5 Å². The van der Waals surface area contributed by atoms with Crippen LogP contribution in [0.1, 0.15) is 15.9 Å². The van der Waals surface area contributed by atoms with Crippen molar-refractivity contribution in [3.63, 3.8) is 0 Å². The molecule has 116 valence electrons. The molecular weight excluding hydrogens is 314 g/mol. The number of benzene rings is 2. The van der Waals surface area contributed by atoms with E-state index in [2.05, 4.69) is 5.32 Å². The lowest BCUT2D eigenvalue weighted by atomic mass is 10.1. The number of rotatable bonds is 4. The number of hydrogen-bond acceptors (Lipinski definition) is 4. The highest BCUT2D eigenvalue weighted by Crippen LogP contribution is 2.35. The van der Waals surface area contributed by atoms with E-state index in [1.165, 1.54) is 11.3 Å². The maximum absolute atomic E-state index is 11.9. The Bertz CT molecular complexity index is 857. The van der Waals surface area contributed by atoms with Crippen LogP contribution in [-0.2, 0) is 11.3 Å². The molecule has 3 rings (SSSR count). The van der Waals surface area contributed by atoms with Gasteiger partial charge in [-0.15, -0.1) is 11.3 Å². The second-order valence-electron chi connectivity index (χ2n) is 4.79. The number of anilines is 1. The van der Waals surface area contributed by atoms with Crippen molar-refractivity contribution >= 4 is 38.5 Å². The molecule has 0 radical (unpaired) electrons. The first kappa shape index (κ1) is 15.1. The molecule has 23 heavy (non-hydrogen) atoms. The quantitative estimate of drug-likeness (QED) is 0.747. The van der Waals surface area contributed by atoms with Gasteiger partial charge in [-0.25, -0.2) is 9.59 Å². The Hall–Kier alpha value is -2.86. The van der Waals surface area contributed by atoms with E-state index in [0.717, 1.165) is 10.3 Å². The Balaban J connectivity index is 1.77. The van der Waals surface area contributed by atoms with Crippen LogP contribution in [0.15, 0.2) is 54.6 Å². The Kier molecular flexibility index (Phi) is 4.25. The first-order valence-corrected chi connectivity index (χ1v) is 7.69. The Morgan fingerprint density at radius 3 is 2.48 bits per heavy atom. The van der Waals surface area contributed by atoms with Crippen molar-refractivity contribution in [3.05, 3.63) is 65.7 Å². The van der Waals surface area contributed by atoms with Gasteiger partial charge in [0.25, 0.3) is 0 Å². The van der Waals surface area contributed by atoms with Gasteiger partial charge in [0.15, 0.2) is 0 Å². The standard InChI is InChI=1S/C17H13NO4S/c19-16(20)14-12-8-4-5-9-13(12)23-15(14)18-17(21)22-10-11-6-2-1-3-7-11/h1-9H,10H2,(H,18,21)(H,19,20). The zero-order valence-corrected chi connectivity index (χ0v) is 12.8. The smallest absolute Gasteiger partial charge is 0.412 e. The maximum atomic E-state index is 11.9. The van der Waals surface area contributed by atoms with Crippen molar-refractivity contribution in [2.24, 2.45) is 0 Å². The molecule has 3 aromatic rings. The number of thiophene rings is 1. The minimum Gasteiger partial charge on any atom is -0.478 e. The number of ether oxygens (including phenoxy) is 1. The summed E-state index contributed by atoms with van der Waals surface area (Å²) in [5.41, 5.74) is 0.944. The zero-order valence-electron chi connectivity index (χ0n) is 12.0. The summed E-state index contributed by atoms with van der Waals surface area (Å²) in [6, 6.07) is 16.4. The molecule has 0 bridgehead atoms. The van der Waals surface area contributed by atoms with Crippen molar-refractivity contribution in [2.45, 2.75) is 6.61 Å². The van der Waals surface area contributed by atoms with Gasteiger partial charge in [-0.2, -0.15) is 0 Å². The number of carboxylic acid groups (broad SMARTS) is 1. The van der Waals surface area contributed by atoms with Crippen LogP contribution in [0.25, 0.3) is 10.1 Å². The summed E-state index contributed by atoms with van der Waals surface area (Å²) >= 11 is 1.21. The van der Waals surface area contributed by atoms with Crippen LogP contribution in [0, 0.1) is 0 Å². The molecule has 1 amide bonds. The molecule has 0 aliphatic rings. The van der Waals surface area contributed by atoms with Gasteiger partial charge in [-0.05, 0) is 11.6 Å². The molecule has 0 unspecified atom stereocenters. The van der Waals surface area contributed by atoms with Crippen molar-refractivity contribution in [1.82, 2.24) is 0 Å². The monoisotopic (exact) mass is 327 g/mol. The molecular formula is C17H13NO4S. The highest BCUT2D eigenvalue weighted by Gasteiger charge is 2.20. The Morgan fingerprint density at radius 2 is 1.74 bits per heavy atom. The number of carboxylic acids is 1. The fraction of sp³-hybridized carbons (Fsp3) is 0.0588. The average molecular weight is 327 g/mol. The van der Waals surface area contributed by atoms with E-state index in [1.54, 1.807) is 12.1 Å². The molecule has 0 aliphatic heterocycles. The molecule has 0 saturated heterocycles. The fourth-order valence-electron chi connectivity index (χ4n) is 2.20. The fourth-order valence-corrected chi connectivity index (χ4v) is 3.28. The first-order valence-electron chi connectivity index (χ1n) is 6.87. The second kappa shape index (κ2) is 6.50. The van der Waals surface area contributed by atoms with Crippen LogP contribution in [-0.4, -0.2) is 17.2 Å². The summed E-state index contributed by atoms with van der Waals surface area (Å²) in [5.74, 6) is -1.08. The van der Waals surface area contributed by atoms with Crippen LogP contribution >= 0.6 is 11.3 Å². The van der Waals surface area contributed by atoms with E-state index >= 15 is 0 Å². The van der Waals surface area contributed by atoms with Crippen molar-refractivity contribution in [2.75, 3.05) is 5.32 Å².